The van der Waals surface area contributed by atoms with Crippen molar-refractivity contribution in [2.45, 2.75) is 19.8 Å². The molecule has 96 valence electrons. The number of ether oxygens (including phenoxy) is 2. The minimum Gasteiger partial charge on any atom is -0.382 e. The van der Waals surface area contributed by atoms with Crippen LogP contribution in [0.2, 0.25) is 0 Å². The van der Waals surface area contributed by atoms with E-state index in [1.54, 1.807) is 7.11 Å². The van der Waals surface area contributed by atoms with Crippen LogP contribution in [0.25, 0.3) is 0 Å². The first-order chi connectivity index (χ1) is 8.33. The van der Waals surface area contributed by atoms with Crippen LogP contribution in [0.1, 0.15) is 18.4 Å². The van der Waals surface area contributed by atoms with E-state index in [9.17, 15) is 0 Å². The Kier molecular flexibility index (Phi) is 7.34. The largest absolute Gasteiger partial charge is 0.382 e. The Bertz CT molecular complexity index is 305. The van der Waals surface area contributed by atoms with Crippen LogP contribution in [-0.2, 0) is 9.47 Å². The van der Waals surface area contributed by atoms with E-state index in [1.807, 2.05) is 12.3 Å². The monoisotopic (exact) mass is 238 g/mol. The molecule has 1 N–H and O–H groups in total. The Balaban J connectivity index is 1.97. The average Bonchev–Trinajstić information content (AvgIpc) is 2.33. The molecule has 1 rings (SSSR count). The van der Waals surface area contributed by atoms with Crippen LogP contribution in [-0.4, -0.2) is 38.5 Å². The minimum absolute atomic E-state index is 0.672. The zero-order chi connectivity index (χ0) is 12.3. The van der Waals surface area contributed by atoms with Gasteiger partial charge >= 0.3 is 0 Å². The van der Waals surface area contributed by atoms with Crippen LogP contribution in [0.3, 0.4) is 0 Å². The van der Waals surface area contributed by atoms with Crippen LogP contribution >= 0.6 is 0 Å². The molecular weight excluding hydrogens is 216 g/mol. The lowest BCUT2D eigenvalue weighted by molar-refractivity contribution is 0.0691. The van der Waals surface area contributed by atoms with E-state index in [-0.39, 0.29) is 0 Å². The number of rotatable bonds is 9. The molecule has 0 saturated carbocycles. The van der Waals surface area contributed by atoms with Crippen molar-refractivity contribution in [1.29, 1.82) is 0 Å². The fraction of sp³-hybridized carbons (Fsp3) is 0.615. The number of hydrogen-bond donors (Lipinski definition) is 1. The van der Waals surface area contributed by atoms with Gasteiger partial charge in [0.25, 0.3) is 0 Å². The van der Waals surface area contributed by atoms with Gasteiger partial charge in [0.05, 0.1) is 13.2 Å². The summed E-state index contributed by atoms with van der Waals surface area (Å²) >= 11 is 0. The van der Waals surface area contributed by atoms with E-state index in [0.717, 1.165) is 31.8 Å². The summed E-state index contributed by atoms with van der Waals surface area (Å²) in [4.78, 5) is 4.24. The van der Waals surface area contributed by atoms with Crippen molar-refractivity contribution in [2.75, 3.05) is 38.8 Å². The van der Waals surface area contributed by atoms with Crippen molar-refractivity contribution >= 4 is 5.82 Å². The van der Waals surface area contributed by atoms with Crippen LogP contribution in [0.4, 0.5) is 5.82 Å². The second-order valence-electron chi connectivity index (χ2n) is 3.96. The number of nitrogens with zero attached hydrogens (tertiary/aromatic N) is 1. The summed E-state index contributed by atoms with van der Waals surface area (Å²) < 4.78 is 10.3. The van der Waals surface area contributed by atoms with E-state index >= 15 is 0 Å². The summed E-state index contributed by atoms with van der Waals surface area (Å²) in [5, 5.41) is 3.30. The molecule has 4 nitrogen and oxygen atoms in total. The zero-order valence-electron chi connectivity index (χ0n) is 10.7. The Morgan fingerprint density at radius 1 is 1.24 bits per heavy atom. The summed E-state index contributed by atoms with van der Waals surface area (Å²) in [6.45, 7) is 5.15. The Hall–Kier alpha value is -1.13. The van der Waals surface area contributed by atoms with E-state index in [4.69, 9.17) is 9.47 Å². The fourth-order valence-corrected chi connectivity index (χ4v) is 1.42. The first-order valence-corrected chi connectivity index (χ1v) is 6.06. The molecule has 0 aromatic carbocycles. The van der Waals surface area contributed by atoms with Gasteiger partial charge in [0, 0.05) is 26.5 Å². The normalized spacial score (nSPS) is 10.5. The molecule has 4 heteroatoms. The second kappa shape index (κ2) is 8.96. The number of nitrogens with one attached hydrogen (secondary N) is 1. The Labute approximate surface area is 103 Å². The highest BCUT2D eigenvalue weighted by molar-refractivity contribution is 5.36. The Morgan fingerprint density at radius 2 is 2.12 bits per heavy atom. The smallest absolute Gasteiger partial charge is 0.126 e. The summed E-state index contributed by atoms with van der Waals surface area (Å²) in [6.07, 6.45) is 3.97. The van der Waals surface area contributed by atoms with E-state index in [1.165, 1.54) is 5.56 Å². The van der Waals surface area contributed by atoms with Crippen molar-refractivity contribution < 1.29 is 9.47 Å². The predicted molar refractivity (Wildman–Crippen MR) is 69.4 cm³/mol. The van der Waals surface area contributed by atoms with Crippen molar-refractivity contribution in [1.82, 2.24) is 4.98 Å². The van der Waals surface area contributed by atoms with Gasteiger partial charge < -0.3 is 14.8 Å². The molecule has 0 aliphatic carbocycles. The molecule has 0 unspecified atom stereocenters. The third-order valence-corrected chi connectivity index (χ3v) is 2.37. The first-order valence-electron chi connectivity index (χ1n) is 6.06. The number of methoxy groups -OCH3 is 1. The lowest BCUT2D eigenvalue weighted by Crippen LogP contribution is -2.06. The number of aromatic nitrogens is 1. The predicted octanol–water partition coefficient (Wildman–Crippen LogP) is 2.25. The van der Waals surface area contributed by atoms with Gasteiger partial charge in [-0.25, -0.2) is 4.98 Å². The van der Waals surface area contributed by atoms with Gasteiger partial charge in [0.1, 0.15) is 5.82 Å². The summed E-state index contributed by atoms with van der Waals surface area (Å²) in [7, 11) is 1.68. The van der Waals surface area contributed by atoms with Crippen LogP contribution < -0.4 is 5.32 Å². The first kappa shape index (κ1) is 13.9. The van der Waals surface area contributed by atoms with Crippen LogP contribution in [0.5, 0.6) is 0 Å². The highest BCUT2D eigenvalue weighted by Gasteiger charge is 1.94. The van der Waals surface area contributed by atoms with Gasteiger partial charge in [-0.1, -0.05) is 0 Å². The van der Waals surface area contributed by atoms with Gasteiger partial charge in [0.2, 0.25) is 0 Å². The van der Waals surface area contributed by atoms with E-state index in [2.05, 4.69) is 23.3 Å². The summed E-state index contributed by atoms with van der Waals surface area (Å²) in [6, 6.07) is 4.05. The molecule has 0 bridgehead atoms. The molecule has 0 fully saturated rings. The number of unbranched alkanes of at least 4 members (excludes halogenated alkanes) is 1. The molecule has 1 heterocycles. The van der Waals surface area contributed by atoms with Crippen molar-refractivity contribution in [3.63, 3.8) is 0 Å². The molecule has 0 aliphatic heterocycles. The summed E-state index contributed by atoms with van der Waals surface area (Å²) in [5.74, 6) is 0.949. The maximum atomic E-state index is 5.38. The molecule has 0 amide bonds. The molecule has 0 atom stereocenters. The van der Waals surface area contributed by atoms with Gasteiger partial charge in [-0.2, -0.15) is 0 Å². The van der Waals surface area contributed by atoms with Gasteiger partial charge in [-0.3, -0.25) is 0 Å². The van der Waals surface area contributed by atoms with Gasteiger partial charge in [0.15, 0.2) is 0 Å². The van der Waals surface area contributed by atoms with Crippen LogP contribution in [0, 0.1) is 6.92 Å². The molecular formula is C13H22N2O2. The van der Waals surface area contributed by atoms with Crippen LogP contribution in [0.15, 0.2) is 18.3 Å². The molecule has 1 aromatic rings. The molecule has 0 spiro atoms. The third kappa shape index (κ3) is 6.92. The number of anilines is 1. The van der Waals surface area contributed by atoms with Gasteiger partial charge in [-0.05, 0) is 37.5 Å². The van der Waals surface area contributed by atoms with Crippen molar-refractivity contribution in [3.8, 4) is 0 Å². The van der Waals surface area contributed by atoms with E-state index < -0.39 is 0 Å². The maximum absolute atomic E-state index is 5.38. The highest BCUT2D eigenvalue weighted by atomic mass is 16.5. The molecule has 0 aliphatic rings. The molecule has 1 aromatic heterocycles. The lowest BCUT2D eigenvalue weighted by Gasteiger charge is -2.06. The highest BCUT2D eigenvalue weighted by Crippen LogP contribution is 2.05. The topological polar surface area (TPSA) is 43.4 Å². The quantitative estimate of drug-likeness (QED) is 0.670. The Morgan fingerprint density at radius 3 is 2.88 bits per heavy atom. The van der Waals surface area contributed by atoms with E-state index in [0.29, 0.717) is 13.2 Å². The SMILES string of the molecule is COCCOCCCCNc1cc(C)ccn1. The van der Waals surface area contributed by atoms with Crippen molar-refractivity contribution in [3.05, 3.63) is 23.9 Å². The lowest BCUT2D eigenvalue weighted by atomic mass is 10.3. The number of pyridine rings is 1. The molecule has 17 heavy (non-hydrogen) atoms. The van der Waals surface area contributed by atoms with Crippen molar-refractivity contribution in [2.24, 2.45) is 0 Å². The molecule has 0 radical (unpaired) electrons. The number of hydrogen-bond acceptors (Lipinski definition) is 4. The minimum atomic E-state index is 0.672. The maximum Gasteiger partial charge on any atom is 0.126 e. The molecule has 0 saturated heterocycles. The second-order valence-corrected chi connectivity index (χ2v) is 3.96. The zero-order valence-corrected chi connectivity index (χ0v) is 10.7. The third-order valence-electron chi connectivity index (χ3n) is 2.37. The average molecular weight is 238 g/mol. The summed E-state index contributed by atoms with van der Waals surface area (Å²) in [5.41, 5.74) is 1.23. The standard InChI is InChI=1S/C13H22N2O2/c1-12-5-7-15-13(11-12)14-6-3-4-8-17-10-9-16-2/h5,7,11H,3-4,6,8-10H2,1-2H3,(H,14,15). The number of aryl methyl sites for hydroxylation is 1. The van der Waals surface area contributed by atoms with Gasteiger partial charge in [-0.15, -0.1) is 0 Å². The fourth-order valence-electron chi connectivity index (χ4n) is 1.42.